The highest BCUT2D eigenvalue weighted by Gasteiger charge is 2.20. The molecule has 0 radical (unpaired) electrons. The number of aryl methyl sites for hydroxylation is 1. The fraction of sp³-hybridized carbons (Fsp3) is 0.368. The molecule has 1 atom stereocenters. The molecule has 2 N–H and O–H groups in total. The Morgan fingerprint density at radius 3 is 2.76 bits per heavy atom. The van der Waals surface area contributed by atoms with E-state index in [9.17, 15) is 15.2 Å². The highest BCUT2D eigenvalue weighted by Crippen LogP contribution is 2.27. The Labute approximate surface area is 147 Å². The first-order chi connectivity index (χ1) is 12.0. The zero-order valence-electron chi connectivity index (χ0n) is 14.3. The number of para-hydroxylation sites is 1. The lowest BCUT2D eigenvalue weighted by Crippen LogP contribution is -2.39. The minimum absolute atomic E-state index is 0.0408. The average Bonchev–Trinajstić information content (AvgIpc) is 2.60. The number of β-amino-alcohol motifs (C(OH)–C–C–N with tert-alkyl or cyclic N) is 1. The third-order valence-corrected chi connectivity index (χ3v) is 4.64. The number of nitro groups is 1. The van der Waals surface area contributed by atoms with Gasteiger partial charge in [0.2, 0.25) is 0 Å². The Kier molecular flexibility index (Phi) is 5.31. The molecule has 1 unspecified atom stereocenters. The van der Waals surface area contributed by atoms with Crippen LogP contribution in [0.4, 0.5) is 11.4 Å². The summed E-state index contributed by atoms with van der Waals surface area (Å²) in [6, 6.07) is 13.3. The van der Waals surface area contributed by atoms with Gasteiger partial charge in [-0.1, -0.05) is 36.4 Å². The number of nitro benzene ring substituents is 1. The number of hydrogen-bond acceptors (Lipinski definition) is 5. The number of hydrogen-bond donors (Lipinski definition) is 2. The van der Waals surface area contributed by atoms with Crippen LogP contribution in [0.15, 0.2) is 42.5 Å². The van der Waals surface area contributed by atoms with E-state index in [1.54, 1.807) is 6.07 Å². The van der Waals surface area contributed by atoms with Crippen molar-refractivity contribution in [2.24, 2.45) is 0 Å². The van der Waals surface area contributed by atoms with Crippen LogP contribution < -0.4 is 5.32 Å². The summed E-state index contributed by atoms with van der Waals surface area (Å²) in [5.74, 6) is 0. The molecule has 0 spiro atoms. The third kappa shape index (κ3) is 4.15. The molecule has 25 heavy (non-hydrogen) atoms. The normalized spacial score (nSPS) is 15.4. The van der Waals surface area contributed by atoms with Crippen molar-refractivity contribution < 1.29 is 10.0 Å². The van der Waals surface area contributed by atoms with Gasteiger partial charge in [0.25, 0.3) is 5.69 Å². The predicted molar refractivity (Wildman–Crippen MR) is 97.8 cm³/mol. The van der Waals surface area contributed by atoms with Gasteiger partial charge < -0.3 is 10.4 Å². The van der Waals surface area contributed by atoms with Gasteiger partial charge >= 0.3 is 0 Å². The molecule has 1 aliphatic rings. The Hall–Kier alpha value is -2.44. The summed E-state index contributed by atoms with van der Waals surface area (Å²) in [4.78, 5) is 13.0. The fourth-order valence-corrected chi connectivity index (χ4v) is 3.33. The Morgan fingerprint density at radius 1 is 1.24 bits per heavy atom. The van der Waals surface area contributed by atoms with Gasteiger partial charge in [0.1, 0.15) is 5.69 Å². The van der Waals surface area contributed by atoms with Crippen LogP contribution >= 0.6 is 0 Å². The summed E-state index contributed by atoms with van der Waals surface area (Å²) >= 11 is 0. The van der Waals surface area contributed by atoms with Crippen molar-refractivity contribution in [3.05, 3.63) is 69.3 Å². The van der Waals surface area contributed by atoms with Crippen molar-refractivity contribution >= 4 is 11.4 Å². The maximum Gasteiger partial charge on any atom is 0.292 e. The van der Waals surface area contributed by atoms with Crippen molar-refractivity contribution in [2.75, 3.05) is 25.0 Å². The SMILES string of the molecule is Cc1cccc([N+](=O)[O-])c1NCC(O)CN1CCc2ccccc2C1. The lowest BCUT2D eigenvalue weighted by atomic mass is 10.00. The Morgan fingerprint density at radius 2 is 2.00 bits per heavy atom. The lowest BCUT2D eigenvalue weighted by Gasteiger charge is -2.30. The summed E-state index contributed by atoms with van der Waals surface area (Å²) in [7, 11) is 0. The van der Waals surface area contributed by atoms with Crippen molar-refractivity contribution in [3.8, 4) is 0 Å². The van der Waals surface area contributed by atoms with E-state index < -0.39 is 11.0 Å². The van der Waals surface area contributed by atoms with Crippen LogP contribution in [0.1, 0.15) is 16.7 Å². The van der Waals surface area contributed by atoms with E-state index in [-0.39, 0.29) is 12.2 Å². The van der Waals surface area contributed by atoms with E-state index in [2.05, 4.69) is 28.4 Å². The van der Waals surface area contributed by atoms with Crippen LogP contribution in [-0.4, -0.2) is 40.7 Å². The molecule has 0 saturated heterocycles. The summed E-state index contributed by atoms with van der Waals surface area (Å²) in [5.41, 5.74) is 4.01. The summed E-state index contributed by atoms with van der Waals surface area (Å²) in [6.45, 7) is 4.39. The van der Waals surface area contributed by atoms with Crippen LogP contribution in [0.3, 0.4) is 0 Å². The molecule has 3 rings (SSSR count). The van der Waals surface area contributed by atoms with E-state index in [0.717, 1.165) is 25.1 Å². The topological polar surface area (TPSA) is 78.6 Å². The molecule has 6 nitrogen and oxygen atoms in total. The first kappa shape index (κ1) is 17.4. The third-order valence-electron chi connectivity index (χ3n) is 4.64. The van der Waals surface area contributed by atoms with Gasteiger partial charge in [-0.15, -0.1) is 0 Å². The zero-order chi connectivity index (χ0) is 17.8. The van der Waals surface area contributed by atoms with Crippen molar-refractivity contribution in [1.82, 2.24) is 4.90 Å². The quantitative estimate of drug-likeness (QED) is 0.624. The number of nitrogens with zero attached hydrogens (tertiary/aromatic N) is 2. The molecule has 0 aliphatic carbocycles. The van der Waals surface area contributed by atoms with Gasteiger partial charge in [0.05, 0.1) is 11.0 Å². The molecular weight excluding hydrogens is 318 g/mol. The summed E-state index contributed by atoms with van der Waals surface area (Å²) in [5, 5.41) is 24.6. The van der Waals surface area contributed by atoms with Crippen LogP contribution in [0.5, 0.6) is 0 Å². The smallest absolute Gasteiger partial charge is 0.292 e. The van der Waals surface area contributed by atoms with E-state index in [4.69, 9.17) is 0 Å². The second-order valence-electron chi connectivity index (χ2n) is 6.51. The fourth-order valence-electron chi connectivity index (χ4n) is 3.33. The number of aliphatic hydroxyl groups excluding tert-OH is 1. The molecule has 6 heteroatoms. The number of benzene rings is 2. The van der Waals surface area contributed by atoms with Crippen molar-refractivity contribution in [3.63, 3.8) is 0 Å². The molecule has 2 aromatic rings. The minimum atomic E-state index is -0.593. The van der Waals surface area contributed by atoms with Crippen LogP contribution in [0.2, 0.25) is 0 Å². The van der Waals surface area contributed by atoms with Crippen molar-refractivity contribution in [2.45, 2.75) is 26.0 Å². The van der Waals surface area contributed by atoms with Gasteiger partial charge in [0.15, 0.2) is 0 Å². The predicted octanol–water partition coefficient (Wildman–Crippen LogP) is 2.73. The maximum atomic E-state index is 11.1. The van der Waals surface area contributed by atoms with E-state index in [1.807, 2.05) is 19.1 Å². The Balaban J connectivity index is 1.58. The van der Waals surface area contributed by atoms with E-state index in [0.29, 0.717) is 12.2 Å². The molecule has 1 aliphatic heterocycles. The molecule has 0 aromatic heterocycles. The number of fused-ring (bicyclic) bond motifs is 1. The van der Waals surface area contributed by atoms with Crippen LogP contribution in [0, 0.1) is 17.0 Å². The molecule has 2 aromatic carbocycles. The second kappa shape index (κ2) is 7.63. The molecule has 0 amide bonds. The van der Waals surface area contributed by atoms with Crippen LogP contribution in [0.25, 0.3) is 0 Å². The number of aliphatic hydroxyl groups is 1. The van der Waals surface area contributed by atoms with Gasteiger partial charge in [0, 0.05) is 32.2 Å². The minimum Gasteiger partial charge on any atom is -0.390 e. The highest BCUT2D eigenvalue weighted by molar-refractivity contribution is 5.66. The first-order valence-corrected chi connectivity index (χ1v) is 8.49. The van der Waals surface area contributed by atoms with E-state index >= 15 is 0 Å². The number of rotatable bonds is 6. The standard InChI is InChI=1S/C19H23N3O3/c1-14-5-4-8-18(22(24)25)19(14)20-11-17(23)13-21-10-9-15-6-2-3-7-16(15)12-21/h2-8,17,20,23H,9-13H2,1H3. The van der Waals surface area contributed by atoms with Gasteiger partial charge in [-0.3, -0.25) is 15.0 Å². The highest BCUT2D eigenvalue weighted by atomic mass is 16.6. The van der Waals surface area contributed by atoms with Gasteiger partial charge in [-0.2, -0.15) is 0 Å². The van der Waals surface area contributed by atoms with E-state index in [1.165, 1.54) is 17.2 Å². The van der Waals surface area contributed by atoms with Crippen LogP contribution in [-0.2, 0) is 13.0 Å². The monoisotopic (exact) mass is 341 g/mol. The summed E-state index contributed by atoms with van der Waals surface area (Å²) < 4.78 is 0. The molecule has 0 fully saturated rings. The Bertz CT molecular complexity index is 763. The maximum absolute atomic E-state index is 11.1. The van der Waals surface area contributed by atoms with Crippen molar-refractivity contribution in [1.29, 1.82) is 0 Å². The molecule has 132 valence electrons. The van der Waals surface area contributed by atoms with Gasteiger partial charge in [-0.05, 0) is 30.0 Å². The molecular formula is C19H23N3O3. The second-order valence-corrected chi connectivity index (χ2v) is 6.51. The molecule has 0 saturated carbocycles. The average molecular weight is 341 g/mol. The number of nitrogens with one attached hydrogen (secondary N) is 1. The first-order valence-electron chi connectivity index (χ1n) is 8.49. The summed E-state index contributed by atoms with van der Waals surface area (Å²) in [6.07, 6.45) is 0.393. The number of anilines is 1. The van der Waals surface area contributed by atoms with Gasteiger partial charge in [-0.25, -0.2) is 0 Å². The zero-order valence-corrected chi connectivity index (χ0v) is 14.3. The molecule has 1 heterocycles. The lowest BCUT2D eigenvalue weighted by molar-refractivity contribution is -0.384. The molecule has 0 bridgehead atoms. The largest absolute Gasteiger partial charge is 0.390 e.